The number of amides is 2. The molecule has 1 aliphatic heterocycles. The zero-order valence-corrected chi connectivity index (χ0v) is 19.0. The molecule has 14 heteroatoms. The number of carbonyl (C=O) groups excluding carboxylic acids is 3. The molecule has 1 N–H and O–H groups in total. The zero-order valence-electron chi connectivity index (χ0n) is 18.2. The standard InChI is InChI=1S/C22H16ClF4NO8/c1-34-16-5-3-12(23)9-14(16)21(24)13-4-2-11(22(25,26)27)8-15(13)28(19(21)32)20(33)36-10-35-18(31)7-6-17(29)30/h2-5,8-9H,6-7,10H2,1H3,(H,29,30). The fraction of sp³-hybridized carbons (Fsp3) is 0.273. The van der Waals surface area contributed by atoms with E-state index in [1.165, 1.54) is 12.1 Å². The van der Waals surface area contributed by atoms with Crippen LogP contribution in [0.2, 0.25) is 5.02 Å². The van der Waals surface area contributed by atoms with Crippen LogP contribution >= 0.6 is 11.6 Å². The van der Waals surface area contributed by atoms with Gasteiger partial charge < -0.3 is 19.3 Å². The summed E-state index contributed by atoms with van der Waals surface area (Å²) in [6.07, 6.45) is -7.68. The normalized spacial score (nSPS) is 16.9. The van der Waals surface area contributed by atoms with Crippen LogP contribution in [0.4, 0.5) is 28.0 Å². The van der Waals surface area contributed by atoms with E-state index in [4.69, 9.17) is 21.4 Å². The van der Waals surface area contributed by atoms with Gasteiger partial charge in [-0.3, -0.25) is 14.4 Å². The van der Waals surface area contributed by atoms with Gasteiger partial charge in [0.05, 0.1) is 31.2 Å². The van der Waals surface area contributed by atoms with Gasteiger partial charge in [-0.05, 0) is 30.3 Å². The highest BCUT2D eigenvalue weighted by Gasteiger charge is 2.57. The summed E-state index contributed by atoms with van der Waals surface area (Å²) >= 11 is 5.94. The summed E-state index contributed by atoms with van der Waals surface area (Å²) in [5.41, 5.74) is -6.33. The Morgan fingerprint density at radius 2 is 1.75 bits per heavy atom. The van der Waals surface area contributed by atoms with Gasteiger partial charge in [-0.1, -0.05) is 17.7 Å². The fourth-order valence-corrected chi connectivity index (χ4v) is 3.62. The highest BCUT2D eigenvalue weighted by Crippen LogP contribution is 2.51. The van der Waals surface area contributed by atoms with E-state index in [2.05, 4.69) is 9.47 Å². The number of ether oxygens (including phenoxy) is 3. The predicted octanol–water partition coefficient (Wildman–Crippen LogP) is 4.43. The van der Waals surface area contributed by atoms with E-state index in [1.807, 2.05) is 0 Å². The van der Waals surface area contributed by atoms with E-state index in [9.17, 15) is 32.3 Å². The first kappa shape index (κ1) is 26.7. The van der Waals surface area contributed by atoms with Crippen LogP contribution in [0.5, 0.6) is 5.75 Å². The Morgan fingerprint density at radius 1 is 1.06 bits per heavy atom. The Morgan fingerprint density at radius 3 is 2.36 bits per heavy atom. The topological polar surface area (TPSA) is 119 Å². The van der Waals surface area contributed by atoms with E-state index >= 15 is 4.39 Å². The van der Waals surface area contributed by atoms with Crippen LogP contribution in [0.15, 0.2) is 36.4 Å². The molecule has 0 radical (unpaired) electrons. The number of aliphatic carboxylic acids is 1. The maximum absolute atomic E-state index is 16.6. The van der Waals surface area contributed by atoms with Crippen LogP contribution < -0.4 is 9.64 Å². The van der Waals surface area contributed by atoms with Gasteiger partial charge >= 0.3 is 24.2 Å². The number of benzene rings is 2. The van der Waals surface area contributed by atoms with Crippen LogP contribution in [-0.4, -0.2) is 42.9 Å². The number of fused-ring (bicyclic) bond motifs is 1. The Balaban J connectivity index is 2.00. The SMILES string of the molecule is COc1ccc(Cl)cc1C1(F)C(=O)N(C(=O)OCOC(=O)CCC(=O)O)c2cc(C(F)(F)F)ccc21. The van der Waals surface area contributed by atoms with Crippen molar-refractivity contribution in [2.24, 2.45) is 0 Å². The quantitative estimate of drug-likeness (QED) is 0.315. The van der Waals surface area contributed by atoms with Gasteiger partial charge in [0.2, 0.25) is 12.5 Å². The van der Waals surface area contributed by atoms with Crippen molar-refractivity contribution in [3.63, 3.8) is 0 Å². The summed E-state index contributed by atoms with van der Waals surface area (Å²) < 4.78 is 70.8. The number of carbonyl (C=O) groups is 4. The molecule has 2 aromatic carbocycles. The minimum absolute atomic E-state index is 0.0293. The molecule has 3 rings (SSSR count). The van der Waals surface area contributed by atoms with E-state index in [0.29, 0.717) is 18.2 Å². The van der Waals surface area contributed by atoms with Crippen LogP contribution in [0, 0.1) is 0 Å². The van der Waals surface area contributed by atoms with Gasteiger partial charge in [0, 0.05) is 16.1 Å². The van der Waals surface area contributed by atoms with Crippen LogP contribution in [-0.2, 0) is 35.7 Å². The van der Waals surface area contributed by atoms with Crippen molar-refractivity contribution >= 4 is 41.2 Å². The van der Waals surface area contributed by atoms with Crippen molar-refractivity contribution in [1.29, 1.82) is 0 Å². The monoisotopic (exact) mass is 533 g/mol. The van der Waals surface area contributed by atoms with E-state index in [-0.39, 0.29) is 15.7 Å². The molecule has 0 aromatic heterocycles. The third-order valence-electron chi connectivity index (χ3n) is 5.10. The number of esters is 1. The Labute approximate surface area is 205 Å². The molecule has 36 heavy (non-hydrogen) atoms. The third-order valence-corrected chi connectivity index (χ3v) is 5.33. The van der Waals surface area contributed by atoms with Gasteiger partial charge in [0.25, 0.3) is 5.91 Å². The first-order chi connectivity index (χ1) is 16.8. The number of anilines is 1. The van der Waals surface area contributed by atoms with Crippen molar-refractivity contribution in [2.45, 2.75) is 24.7 Å². The van der Waals surface area contributed by atoms with Gasteiger partial charge in [-0.2, -0.15) is 13.2 Å². The highest BCUT2D eigenvalue weighted by atomic mass is 35.5. The molecule has 2 aromatic rings. The molecule has 0 saturated carbocycles. The summed E-state index contributed by atoms with van der Waals surface area (Å²) in [7, 11) is 1.16. The molecular weight excluding hydrogens is 518 g/mol. The first-order valence-electron chi connectivity index (χ1n) is 9.94. The number of hydrogen-bond acceptors (Lipinski definition) is 7. The number of hydrogen-bond donors (Lipinski definition) is 1. The molecule has 1 heterocycles. The lowest BCUT2D eigenvalue weighted by Gasteiger charge is -2.22. The number of carboxylic acid groups (broad SMARTS) is 1. The van der Waals surface area contributed by atoms with Crippen LogP contribution in [0.1, 0.15) is 29.5 Å². The summed E-state index contributed by atoms with van der Waals surface area (Å²) in [5.74, 6) is -4.16. The second-order valence-corrected chi connectivity index (χ2v) is 7.75. The predicted molar refractivity (Wildman–Crippen MR) is 113 cm³/mol. The average Bonchev–Trinajstić information content (AvgIpc) is 3.04. The minimum atomic E-state index is -4.90. The third kappa shape index (κ3) is 5.05. The van der Waals surface area contributed by atoms with Crippen molar-refractivity contribution in [2.75, 3.05) is 18.8 Å². The highest BCUT2D eigenvalue weighted by molar-refractivity contribution is 6.31. The molecule has 0 spiro atoms. The molecular formula is C22H16ClF4NO8. The van der Waals surface area contributed by atoms with Crippen molar-refractivity contribution in [3.05, 3.63) is 58.1 Å². The lowest BCUT2D eigenvalue weighted by Crippen LogP contribution is -2.42. The van der Waals surface area contributed by atoms with Gasteiger partial charge in [0.1, 0.15) is 5.75 Å². The molecule has 0 saturated heterocycles. The van der Waals surface area contributed by atoms with E-state index < -0.39 is 77.8 Å². The van der Waals surface area contributed by atoms with Gasteiger partial charge in [0.15, 0.2) is 0 Å². The zero-order chi connectivity index (χ0) is 26.8. The number of halogens is 5. The van der Waals surface area contributed by atoms with Crippen molar-refractivity contribution < 1.29 is 56.1 Å². The number of alkyl halides is 4. The van der Waals surface area contributed by atoms with Crippen molar-refractivity contribution in [1.82, 2.24) is 0 Å². The molecule has 0 bridgehead atoms. The number of methoxy groups -OCH3 is 1. The van der Waals surface area contributed by atoms with Gasteiger partial charge in [-0.25, -0.2) is 14.1 Å². The average molecular weight is 534 g/mol. The maximum atomic E-state index is 16.6. The van der Waals surface area contributed by atoms with Crippen LogP contribution in [0.3, 0.4) is 0 Å². The molecule has 2 amide bonds. The molecule has 1 atom stereocenters. The lowest BCUT2D eigenvalue weighted by atomic mass is 9.88. The molecule has 0 aliphatic carbocycles. The van der Waals surface area contributed by atoms with Crippen LogP contribution in [0.25, 0.3) is 0 Å². The van der Waals surface area contributed by atoms with E-state index in [1.54, 1.807) is 0 Å². The second kappa shape index (κ2) is 10.0. The molecule has 9 nitrogen and oxygen atoms in total. The van der Waals surface area contributed by atoms with E-state index in [0.717, 1.165) is 13.2 Å². The minimum Gasteiger partial charge on any atom is -0.496 e. The number of carboxylic acids is 1. The first-order valence-corrected chi connectivity index (χ1v) is 10.3. The number of rotatable bonds is 7. The van der Waals surface area contributed by atoms with Crippen molar-refractivity contribution in [3.8, 4) is 5.75 Å². The molecule has 1 unspecified atom stereocenters. The second-order valence-electron chi connectivity index (χ2n) is 7.31. The largest absolute Gasteiger partial charge is 0.496 e. The Hall–Kier alpha value is -3.87. The smallest absolute Gasteiger partial charge is 0.424 e. The summed E-state index contributed by atoms with van der Waals surface area (Å²) in [6, 6.07) is 5.22. The summed E-state index contributed by atoms with van der Waals surface area (Å²) in [5, 5.41) is 8.52. The summed E-state index contributed by atoms with van der Waals surface area (Å²) in [4.78, 5) is 47.9. The molecule has 0 fully saturated rings. The maximum Gasteiger partial charge on any atom is 0.424 e. The number of nitrogens with zero attached hydrogens (tertiary/aromatic N) is 1. The Kier molecular flexibility index (Phi) is 7.43. The fourth-order valence-electron chi connectivity index (χ4n) is 3.45. The molecule has 1 aliphatic rings. The molecule has 192 valence electrons. The Bertz CT molecular complexity index is 1240. The van der Waals surface area contributed by atoms with Gasteiger partial charge in [-0.15, -0.1) is 0 Å². The number of imide groups is 1. The summed E-state index contributed by atoms with van der Waals surface area (Å²) in [6.45, 7) is -1.12. The lowest BCUT2D eigenvalue weighted by molar-refractivity contribution is -0.154.